The van der Waals surface area contributed by atoms with E-state index in [1.807, 2.05) is 13.8 Å². The van der Waals surface area contributed by atoms with Crippen molar-refractivity contribution < 1.29 is 21.1 Å². The van der Waals surface area contributed by atoms with E-state index in [-0.39, 0.29) is 31.9 Å². The van der Waals surface area contributed by atoms with E-state index in [2.05, 4.69) is 81.9 Å². The summed E-state index contributed by atoms with van der Waals surface area (Å²) in [5.41, 5.74) is 5.73. The summed E-state index contributed by atoms with van der Waals surface area (Å²) in [7, 11) is 0. The molecular formula is C24H30N8Pt. The number of rotatable bonds is 2. The first-order chi connectivity index (χ1) is 15.0. The zero-order valence-electron chi connectivity index (χ0n) is 20.4. The van der Waals surface area contributed by atoms with Gasteiger partial charge in [0.15, 0.2) is 0 Å². The van der Waals surface area contributed by atoms with Gasteiger partial charge in [-0.25, -0.2) is 19.9 Å². The summed E-state index contributed by atoms with van der Waals surface area (Å²) in [4.78, 5) is 16.8. The quantitative estimate of drug-likeness (QED) is 0.327. The summed E-state index contributed by atoms with van der Waals surface area (Å²) in [5.74, 6) is 1.28. The van der Waals surface area contributed by atoms with Crippen LogP contribution in [0.1, 0.15) is 64.1 Å². The molecule has 0 aliphatic rings. The average molecular weight is 626 g/mol. The van der Waals surface area contributed by atoms with Crippen molar-refractivity contribution in [3.05, 3.63) is 59.4 Å². The first kappa shape index (κ1) is 26.5. The van der Waals surface area contributed by atoms with Crippen LogP contribution < -0.4 is 10.2 Å². The van der Waals surface area contributed by atoms with Gasteiger partial charge in [-0.1, -0.05) is 52.9 Å². The van der Waals surface area contributed by atoms with E-state index in [1.165, 1.54) is 0 Å². The Kier molecular flexibility index (Phi) is 8.41. The van der Waals surface area contributed by atoms with Crippen LogP contribution in [0.2, 0.25) is 0 Å². The van der Waals surface area contributed by atoms with Gasteiger partial charge in [-0.2, -0.15) is 0 Å². The fourth-order valence-corrected chi connectivity index (χ4v) is 3.42. The van der Waals surface area contributed by atoms with Crippen LogP contribution in [0.25, 0.3) is 23.0 Å². The minimum atomic E-state index is 0. The van der Waals surface area contributed by atoms with Crippen LogP contribution >= 0.6 is 0 Å². The van der Waals surface area contributed by atoms with Gasteiger partial charge in [0, 0.05) is 47.0 Å². The molecule has 0 atom stereocenters. The monoisotopic (exact) mass is 625 g/mol. The molecule has 0 fully saturated rings. The van der Waals surface area contributed by atoms with Gasteiger partial charge in [0.25, 0.3) is 0 Å². The van der Waals surface area contributed by atoms with Crippen molar-refractivity contribution in [3.8, 4) is 23.0 Å². The molecule has 0 spiro atoms. The molecule has 0 radical (unpaired) electrons. The van der Waals surface area contributed by atoms with Gasteiger partial charge in [0.2, 0.25) is 0 Å². The van der Waals surface area contributed by atoms with Crippen molar-refractivity contribution in [2.24, 2.45) is 0 Å². The fourth-order valence-electron chi connectivity index (χ4n) is 3.42. The molecule has 4 rings (SSSR count). The van der Waals surface area contributed by atoms with Gasteiger partial charge in [-0.05, 0) is 37.1 Å². The first-order valence-electron chi connectivity index (χ1n) is 10.6. The molecule has 0 amide bonds. The van der Waals surface area contributed by atoms with Crippen molar-refractivity contribution in [1.82, 2.24) is 40.3 Å². The van der Waals surface area contributed by atoms with Crippen molar-refractivity contribution in [2.45, 2.75) is 66.2 Å². The van der Waals surface area contributed by atoms with E-state index in [1.54, 1.807) is 36.9 Å². The maximum absolute atomic E-state index is 4.23. The number of hydrogen-bond acceptors (Lipinski definition) is 6. The second-order valence-electron chi connectivity index (χ2n) is 9.69. The minimum absolute atomic E-state index is 0. The Morgan fingerprint density at radius 1 is 0.576 bits per heavy atom. The van der Waals surface area contributed by atoms with Gasteiger partial charge in [-0.3, -0.25) is 0 Å². The van der Waals surface area contributed by atoms with Gasteiger partial charge < -0.3 is 20.4 Å². The minimum Gasteiger partial charge on any atom is -0.572 e. The molecule has 0 aliphatic carbocycles. The Labute approximate surface area is 209 Å². The molecule has 33 heavy (non-hydrogen) atoms. The molecule has 176 valence electrons. The van der Waals surface area contributed by atoms with Gasteiger partial charge >= 0.3 is 21.1 Å². The summed E-state index contributed by atoms with van der Waals surface area (Å²) < 4.78 is 0. The second kappa shape index (κ2) is 10.5. The molecule has 4 aromatic rings. The molecule has 4 aromatic heterocycles. The molecule has 0 aliphatic heterocycles. The Morgan fingerprint density at radius 2 is 0.879 bits per heavy atom. The van der Waals surface area contributed by atoms with E-state index < -0.39 is 0 Å². The normalized spacial score (nSPS) is 11.4. The van der Waals surface area contributed by atoms with Crippen LogP contribution in [0.4, 0.5) is 0 Å². The van der Waals surface area contributed by atoms with Crippen LogP contribution in [-0.4, -0.2) is 30.1 Å². The zero-order valence-corrected chi connectivity index (χ0v) is 22.6. The van der Waals surface area contributed by atoms with Gasteiger partial charge in [0.1, 0.15) is 11.6 Å². The predicted octanol–water partition coefficient (Wildman–Crippen LogP) is 4.20. The van der Waals surface area contributed by atoms with Gasteiger partial charge in [-0.15, -0.1) is 0 Å². The van der Waals surface area contributed by atoms with Crippen LogP contribution in [0, 0.1) is 13.8 Å². The maximum atomic E-state index is 4.23. The Bertz CT molecular complexity index is 1060. The summed E-state index contributed by atoms with van der Waals surface area (Å²) in [5, 5.41) is 16.8. The number of aromatic nitrogens is 8. The summed E-state index contributed by atoms with van der Waals surface area (Å²) >= 11 is 0. The topological polar surface area (TPSA) is 106 Å². The van der Waals surface area contributed by atoms with Crippen molar-refractivity contribution in [2.75, 3.05) is 0 Å². The van der Waals surface area contributed by atoms with Crippen LogP contribution in [0.15, 0.2) is 36.9 Å². The molecular weight excluding hydrogens is 595 g/mol. The molecule has 9 heteroatoms. The summed E-state index contributed by atoms with van der Waals surface area (Å²) in [6.07, 6.45) is 6.86. The molecule has 0 aromatic carbocycles. The second-order valence-corrected chi connectivity index (χ2v) is 9.69. The third kappa shape index (κ3) is 6.20. The Balaban J connectivity index is 0.000000227. The largest absolute Gasteiger partial charge is 2.00 e. The van der Waals surface area contributed by atoms with Crippen LogP contribution in [0.3, 0.4) is 0 Å². The molecule has 0 saturated heterocycles. The number of hydrogen-bond donors (Lipinski definition) is 0. The fraction of sp³-hybridized carbons (Fsp3) is 0.417. The van der Waals surface area contributed by atoms with E-state index in [4.69, 9.17) is 0 Å². The predicted molar refractivity (Wildman–Crippen MR) is 124 cm³/mol. The maximum Gasteiger partial charge on any atom is 2.00 e. The van der Waals surface area contributed by atoms with Crippen LogP contribution in [0.5, 0.6) is 0 Å². The molecule has 8 nitrogen and oxygen atoms in total. The Morgan fingerprint density at radius 3 is 1.12 bits per heavy atom. The molecule has 0 N–H and O–H groups in total. The first-order valence-corrected chi connectivity index (χ1v) is 10.6. The number of nitrogens with zero attached hydrogens (tertiary/aromatic N) is 8. The standard InChI is InChI=1S/2C12H15N4.Pt/c2*1-8-9(11-13-6-5-7-14-11)15-16-10(8)12(2,3)4;/h2*5-7H,1-4H3;/q2*-1;+2. The van der Waals surface area contributed by atoms with E-state index in [0.717, 1.165) is 33.9 Å². The van der Waals surface area contributed by atoms with Gasteiger partial charge in [0.05, 0.1) is 0 Å². The zero-order chi connectivity index (χ0) is 23.5. The van der Waals surface area contributed by atoms with Crippen molar-refractivity contribution in [1.29, 1.82) is 0 Å². The van der Waals surface area contributed by atoms with E-state index >= 15 is 0 Å². The van der Waals surface area contributed by atoms with Crippen LogP contribution in [-0.2, 0) is 31.9 Å². The van der Waals surface area contributed by atoms with E-state index in [0.29, 0.717) is 11.6 Å². The summed E-state index contributed by atoms with van der Waals surface area (Å²) in [6.45, 7) is 16.8. The average Bonchev–Trinajstić information content (AvgIpc) is 3.32. The summed E-state index contributed by atoms with van der Waals surface area (Å²) in [6, 6.07) is 3.58. The molecule has 4 heterocycles. The molecule has 0 saturated carbocycles. The Hall–Kier alpha value is -2.73. The smallest absolute Gasteiger partial charge is 0.572 e. The van der Waals surface area contributed by atoms with E-state index in [9.17, 15) is 0 Å². The SMILES string of the molecule is Cc1c(C(C)(C)C)n[n-]c1-c1ncccn1.Cc1c(C(C)(C)C)n[n-]c1-c1ncccn1.[Pt+2]. The third-order valence-electron chi connectivity index (χ3n) is 4.90. The molecule has 0 unspecified atom stereocenters. The van der Waals surface area contributed by atoms with Crippen molar-refractivity contribution >= 4 is 0 Å². The third-order valence-corrected chi connectivity index (χ3v) is 4.90. The molecule has 0 bridgehead atoms. The van der Waals surface area contributed by atoms with Crippen molar-refractivity contribution in [3.63, 3.8) is 0 Å².